The Balaban J connectivity index is 1.30. The van der Waals surface area contributed by atoms with Crippen LogP contribution in [0.1, 0.15) is 32.6 Å². The topological polar surface area (TPSA) is 65.0 Å². The van der Waals surface area contributed by atoms with Gasteiger partial charge in [-0.2, -0.15) is 0 Å². The van der Waals surface area contributed by atoms with Gasteiger partial charge in [0, 0.05) is 49.2 Å². The summed E-state index contributed by atoms with van der Waals surface area (Å²) in [7, 11) is 0. The minimum atomic E-state index is -4.69. The number of hydrogen-bond acceptors (Lipinski definition) is 4. The van der Waals surface area contributed by atoms with E-state index in [2.05, 4.69) is 15.0 Å². The lowest BCUT2D eigenvalue weighted by Crippen LogP contribution is -2.47. The summed E-state index contributed by atoms with van der Waals surface area (Å²) in [5, 5.41) is 12.7. The number of hydrogen-bond donors (Lipinski definition) is 2. The standard InChI is InChI=1S/C27H32ClF4N3O3/c1-16-12-17(2-5-24(16)38-27(30,31)32)26-8-6-23(20(26)14-26)35(11-10-34-9-7-19(36)15-34)25(37)33-18-3-4-22(29)21(28)13-18/h2-5,12-13,16,19-20,23-24,36H,6-11,14-15H2,1H3,(H,33,37)/t16?,19-,20-,23-,24?,26-/m1/s1. The molecule has 0 radical (unpaired) electrons. The lowest BCUT2D eigenvalue weighted by atomic mass is 9.85. The lowest BCUT2D eigenvalue weighted by molar-refractivity contribution is -0.339. The Morgan fingerprint density at radius 1 is 1.34 bits per heavy atom. The van der Waals surface area contributed by atoms with Gasteiger partial charge in [0.2, 0.25) is 0 Å². The van der Waals surface area contributed by atoms with Gasteiger partial charge < -0.3 is 15.3 Å². The van der Waals surface area contributed by atoms with Crippen molar-refractivity contribution in [1.29, 1.82) is 0 Å². The zero-order chi connectivity index (χ0) is 27.2. The van der Waals surface area contributed by atoms with Gasteiger partial charge in [-0.1, -0.05) is 36.8 Å². The van der Waals surface area contributed by atoms with E-state index in [9.17, 15) is 27.5 Å². The normalized spacial score (nSPS) is 32.7. The third-order valence-corrected chi connectivity index (χ3v) is 8.78. The van der Waals surface area contributed by atoms with Crippen molar-refractivity contribution in [2.45, 2.75) is 57.2 Å². The molecule has 1 saturated heterocycles. The second kappa shape index (κ2) is 10.4. The third kappa shape index (κ3) is 5.73. The van der Waals surface area contributed by atoms with Crippen LogP contribution in [0.2, 0.25) is 5.02 Å². The number of anilines is 1. The number of alkyl halides is 3. The average molecular weight is 558 g/mol. The first-order valence-corrected chi connectivity index (χ1v) is 13.4. The van der Waals surface area contributed by atoms with Crippen molar-refractivity contribution in [3.8, 4) is 0 Å². The smallest absolute Gasteiger partial charge is 0.392 e. The number of nitrogens with one attached hydrogen (secondary N) is 1. The van der Waals surface area contributed by atoms with Gasteiger partial charge in [0.05, 0.1) is 17.2 Å². The van der Waals surface area contributed by atoms with Gasteiger partial charge in [-0.25, -0.2) is 9.18 Å². The van der Waals surface area contributed by atoms with E-state index in [1.54, 1.807) is 13.0 Å². The molecule has 11 heteroatoms. The molecule has 3 fully saturated rings. The predicted octanol–water partition coefficient (Wildman–Crippen LogP) is 5.59. The summed E-state index contributed by atoms with van der Waals surface area (Å²) in [5.74, 6) is -0.800. The number of carbonyl (C=O) groups is 1. The Labute approximate surface area is 224 Å². The number of β-amino-alcohol motifs (C(OH)–C–C–N with tert-alkyl or cyclic N) is 1. The van der Waals surface area contributed by atoms with Gasteiger partial charge in [-0.15, -0.1) is 13.2 Å². The van der Waals surface area contributed by atoms with E-state index in [0.717, 1.165) is 31.4 Å². The summed E-state index contributed by atoms with van der Waals surface area (Å²) < 4.78 is 56.1. The van der Waals surface area contributed by atoms with Crippen LogP contribution in [0.3, 0.4) is 0 Å². The summed E-state index contributed by atoms with van der Waals surface area (Å²) in [6.45, 7) is 4.12. The Kier molecular flexibility index (Phi) is 7.54. The highest BCUT2D eigenvalue weighted by Crippen LogP contribution is 2.69. The van der Waals surface area contributed by atoms with Crippen LogP contribution in [-0.4, -0.2) is 71.7 Å². The predicted molar refractivity (Wildman–Crippen MR) is 135 cm³/mol. The number of carbonyl (C=O) groups excluding carboxylic acids is 1. The van der Waals surface area contributed by atoms with E-state index < -0.39 is 24.2 Å². The van der Waals surface area contributed by atoms with E-state index in [0.29, 0.717) is 31.7 Å². The van der Waals surface area contributed by atoms with Gasteiger partial charge in [-0.05, 0) is 55.4 Å². The largest absolute Gasteiger partial charge is 0.523 e. The van der Waals surface area contributed by atoms with Crippen molar-refractivity contribution < 1.29 is 32.2 Å². The Morgan fingerprint density at radius 2 is 2.13 bits per heavy atom. The fourth-order valence-corrected chi connectivity index (χ4v) is 6.65. The number of rotatable bonds is 7. The SMILES string of the molecule is CC1C=C([C@]23CC[C@@H](N(CCN4CC[C@@H](O)C4)C(=O)Nc4ccc(F)c(Cl)c4)[C@H]2C3)C=CC1OC(F)(F)F. The molecule has 2 unspecified atom stereocenters. The minimum absolute atomic E-state index is 0.0489. The third-order valence-electron chi connectivity index (χ3n) is 8.49. The summed E-state index contributed by atoms with van der Waals surface area (Å²) in [6, 6.07) is 3.68. The van der Waals surface area contributed by atoms with Gasteiger partial charge in [0.15, 0.2) is 0 Å². The van der Waals surface area contributed by atoms with E-state index >= 15 is 0 Å². The first-order chi connectivity index (χ1) is 17.9. The molecule has 6 nitrogen and oxygen atoms in total. The maximum atomic E-state index is 13.6. The highest BCUT2D eigenvalue weighted by Gasteiger charge is 2.64. The molecule has 6 atom stereocenters. The molecule has 0 spiro atoms. The fraction of sp³-hybridized carbons (Fsp3) is 0.593. The van der Waals surface area contributed by atoms with Gasteiger partial charge in [0.25, 0.3) is 0 Å². The first-order valence-electron chi connectivity index (χ1n) is 13.0. The van der Waals surface area contributed by atoms with Gasteiger partial charge in [-0.3, -0.25) is 9.64 Å². The van der Waals surface area contributed by atoms with Crippen LogP contribution in [0.4, 0.5) is 28.0 Å². The van der Waals surface area contributed by atoms with E-state index in [-0.39, 0.29) is 34.5 Å². The number of aliphatic hydroxyl groups excluding tert-OH is 1. The zero-order valence-corrected chi connectivity index (χ0v) is 21.8. The monoisotopic (exact) mass is 557 g/mol. The maximum Gasteiger partial charge on any atom is 0.523 e. The summed E-state index contributed by atoms with van der Waals surface area (Å²) in [4.78, 5) is 17.5. The van der Waals surface area contributed by atoms with Crippen molar-refractivity contribution >= 4 is 23.3 Å². The number of halogens is 5. The second-order valence-corrected chi connectivity index (χ2v) is 11.3. The van der Waals surface area contributed by atoms with Crippen molar-refractivity contribution in [1.82, 2.24) is 9.80 Å². The number of urea groups is 1. The molecular formula is C27H32ClF4N3O3. The highest BCUT2D eigenvalue weighted by atomic mass is 35.5. The molecule has 5 rings (SSSR count). The molecule has 208 valence electrons. The molecule has 1 aliphatic heterocycles. The Morgan fingerprint density at radius 3 is 2.76 bits per heavy atom. The van der Waals surface area contributed by atoms with Crippen molar-refractivity contribution in [3.05, 3.63) is 52.8 Å². The first kappa shape index (κ1) is 27.4. The summed E-state index contributed by atoms with van der Waals surface area (Å²) in [5.41, 5.74) is 1.26. The zero-order valence-electron chi connectivity index (χ0n) is 21.1. The molecule has 38 heavy (non-hydrogen) atoms. The van der Waals surface area contributed by atoms with E-state index in [1.807, 2.05) is 11.0 Å². The number of amides is 2. The Bertz CT molecular complexity index is 1130. The molecule has 2 N–H and O–H groups in total. The lowest BCUT2D eigenvalue weighted by Gasteiger charge is -2.32. The number of likely N-dealkylation sites (tertiary alicyclic amines) is 1. The molecule has 4 aliphatic rings. The van der Waals surface area contributed by atoms with E-state index in [1.165, 1.54) is 24.3 Å². The quantitative estimate of drug-likeness (QED) is 0.429. The molecule has 2 saturated carbocycles. The second-order valence-electron chi connectivity index (χ2n) is 10.9. The van der Waals surface area contributed by atoms with Crippen LogP contribution >= 0.6 is 11.6 Å². The molecule has 1 heterocycles. The molecular weight excluding hydrogens is 526 g/mol. The Hall–Kier alpha value is -2.14. The van der Waals surface area contributed by atoms with Crippen molar-refractivity contribution in [2.24, 2.45) is 17.3 Å². The molecule has 2 amide bonds. The van der Waals surface area contributed by atoms with Crippen LogP contribution in [0.25, 0.3) is 0 Å². The van der Waals surface area contributed by atoms with Crippen molar-refractivity contribution in [3.63, 3.8) is 0 Å². The van der Waals surface area contributed by atoms with Gasteiger partial charge >= 0.3 is 12.4 Å². The number of allylic oxidation sites excluding steroid dienone is 2. The van der Waals surface area contributed by atoms with E-state index in [4.69, 9.17) is 11.6 Å². The molecule has 0 aromatic heterocycles. The maximum absolute atomic E-state index is 13.6. The van der Waals surface area contributed by atoms with Crippen molar-refractivity contribution in [2.75, 3.05) is 31.5 Å². The summed E-state index contributed by atoms with van der Waals surface area (Å²) in [6.07, 6.45) is 2.20. The number of fused-ring (bicyclic) bond motifs is 1. The molecule has 3 aliphatic carbocycles. The number of benzene rings is 1. The van der Waals surface area contributed by atoms with Crippen LogP contribution in [0.5, 0.6) is 0 Å². The number of nitrogens with zero attached hydrogens (tertiary/aromatic N) is 2. The van der Waals surface area contributed by atoms with Crippen LogP contribution in [0.15, 0.2) is 42.0 Å². The van der Waals surface area contributed by atoms with Crippen LogP contribution in [0, 0.1) is 23.1 Å². The van der Waals surface area contributed by atoms with Gasteiger partial charge in [0.1, 0.15) is 5.82 Å². The molecule has 0 bridgehead atoms. The van der Waals surface area contributed by atoms with Crippen LogP contribution in [-0.2, 0) is 4.74 Å². The average Bonchev–Trinajstić information content (AvgIpc) is 3.24. The highest BCUT2D eigenvalue weighted by molar-refractivity contribution is 6.31. The summed E-state index contributed by atoms with van der Waals surface area (Å²) >= 11 is 5.90. The number of aliphatic hydroxyl groups is 1. The number of ether oxygens (including phenoxy) is 1. The molecule has 1 aromatic rings. The molecule has 1 aromatic carbocycles. The fourth-order valence-electron chi connectivity index (χ4n) is 6.47. The minimum Gasteiger partial charge on any atom is -0.392 e. The van der Waals surface area contributed by atoms with Crippen LogP contribution < -0.4 is 5.32 Å².